The molecule has 0 aromatic rings. The molecule has 0 radical (unpaired) electrons. The van der Waals surface area contributed by atoms with Gasteiger partial charge in [0.15, 0.2) is 6.23 Å². The lowest BCUT2D eigenvalue weighted by atomic mass is 9.83. The Morgan fingerprint density at radius 2 is 2.17 bits per heavy atom. The summed E-state index contributed by atoms with van der Waals surface area (Å²) in [4.78, 5) is 11.4. The van der Waals surface area contributed by atoms with Gasteiger partial charge in [0.1, 0.15) is 0 Å². The maximum Gasteiger partial charge on any atom is 0.312 e. The van der Waals surface area contributed by atoms with Crippen LogP contribution in [0.3, 0.4) is 0 Å². The van der Waals surface area contributed by atoms with E-state index in [9.17, 15) is 4.79 Å². The molecule has 1 saturated carbocycles. The zero-order valence-corrected chi connectivity index (χ0v) is 7.38. The van der Waals surface area contributed by atoms with Gasteiger partial charge in [-0.05, 0) is 19.8 Å². The molecule has 3 unspecified atom stereocenters. The Balaban J connectivity index is 2.06. The number of fused-ring (bicyclic) bond motifs is 1. The third-order valence-corrected chi connectivity index (χ3v) is 2.81. The number of nitrogens with one attached hydrogen (secondary N) is 1. The van der Waals surface area contributed by atoms with Crippen molar-refractivity contribution in [2.75, 3.05) is 0 Å². The van der Waals surface area contributed by atoms with Gasteiger partial charge in [-0.2, -0.15) is 0 Å². The first kappa shape index (κ1) is 8.05. The van der Waals surface area contributed by atoms with Crippen molar-refractivity contribution in [1.82, 2.24) is 5.32 Å². The average Bonchev–Trinajstić information content (AvgIpc) is 2.04. The van der Waals surface area contributed by atoms with E-state index in [4.69, 9.17) is 4.74 Å². The molecule has 0 aromatic carbocycles. The summed E-state index contributed by atoms with van der Waals surface area (Å²) in [5.41, 5.74) is 0. The van der Waals surface area contributed by atoms with Crippen LogP contribution < -0.4 is 5.32 Å². The molecule has 1 saturated heterocycles. The smallest absolute Gasteiger partial charge is 0.312 e. The first-order valence-corrected chi connectivity index (χ1v) is 4.74. The van der Waals surface area contributed by atoms with E-state index in [-0.39, 0.29) is 18.1 Å². The summed E-state index contributed by atoms with van der Waals surface area (Å²) in [7, 11) is 0. The van der Waals surface area contributed by atoms with Crippen LogP contribution in [0.15, 0.2) is 0 Å². The Labute approximate surface area is 72.5 Å². The van der Waals surface area contributed by atoms with Gasteiger partial charge in [-0.1, -0.05) is 12.8 Å². The van der Waals surface area contributed by atoms with E-state index in [0.717, 1.165) is 12.8 Å². The Morgan fingerprint density at radius 3 is 3.00 bits per heavy atom. The number of carbonyl (C=O) groups is 1. The lowest BCUT2D eigenvalue weighted by molar-refractivity contribution is -0.165. The molecule has 3 nitrogen and oxygen atoms in total. The van der Waals surface area contributed by atoms with Gasteiger partial charge in [0.25, 0.3) is 0 Å². The highest BCUT2D eigenvalue weighted by atomic mass is 16.6. The maximum absolute atomic E-state index is 11.4. The summed E-state index contributed by atoms with van der Waals surface area (Å²) in [5.74, 6) is 0.140. The van der Waals surface area contributed by atoms with E-state index in [0.29, 0.717) is 6.04 Å². The van der Waals surface area contributed by atoms with Crippen molar-refractivity contribution < 1.29 is 9.53 Å². The van der Waals surface area contributed by atoms with Gasteiger partial charge < -0.3 is 4.74 Å². The Kier molecular flexibility index (Phi) is 2.05. The van der Waals surface area contributed by atoms with Crippen LogP contribution in [-0.2, 0) is 9.53 Å². The molecule has 0 aromatic heterocycles. The van der Waals surface area contributed by atoms with E-state index in [2.05, 4.69) is 5.32 Å². The van der Waals surface area contributed by atoms with Crippen molar-refractivity contribution in [1.29, 1.82) is 0 Å². The highest BCUT2D eigenvalue weighted by Crippen LogP contribution is 2.28. The molecule has 12 heavy (non-hydrogen) atoms. The van der Waals surface area contributed by atoms with Gasteiger partial charge in [0.05, 0.1) is 5.92 Å². The van der Waals surface area contributed by atoms with Crippen LogP contribution in [0, 0.1) is 5.92 Å². The molecule has 1 heterocycles. The van der Waals surface area contributed by atoms with Gasteiger partial charge >= 0.3 is 5.97 Å². The quantitative estimate of drug-likeness (QED) is 0.550. The predicted octanol–water partition coefficient (Wildman–Crippen LogP) is 1.04. The van der Waals surface area contributed by atoms with Crippen LogP contribution in [0.5, 0.6) is 0 Å². The zero-order chi connectivity index (χ0) is 8.55. The van der Waals surface area contributed by atoms with Crippen LogP contribution in [-0.4, -0.2) is 18.2 Å². The zero-order valence-electron chi connectivity index (χ0n) is 7.38. The van der Waals surface area contributed by atoms with Crippen LogP contribution in [0.1, 0.15) is 32.6 Å². The minimum absolute atomic E-state index is 0.00551. The van der Waals surface area contributed by atoms with Crippen LogP contribution >= 0.6 is 0 Å². The third-order valence-electron chi connectivity index (χ3n) is 2.81. The summed E-state index contributed by atoms with van der Waals surface area (Å²) in [6, 6.07) is 0.384. The standard InChI is InChI=1S/C9H15NO2/c1-6-10-8-5-3-2-4-7(8)9(11)12-6/h6-8,10H,2-5H2,1H3. The summed E-state index contributed by atoms with van der Waals surface area (Å²) in [6.07, 6.45) is 4.46. The lowest BCUT2D eigenvalue weighted by Gasteiger charge is -2.37. The van der Waals surface area contributed by atoms with Crippen molar-refractivity contribution >= 4 is 5.97 Å². The highest BCUT2D eigenvalue weighted by molar-refractivity contribution is 5.74. The van der Waals surface area contributed by atoms with Crippen molar-refractivity contribution in [3.05, 3.63) is 0 Å². The molecule has 0 spiro atoms. The Hall–Kier alpha value is -0.570. The fourth-order valence-electron chi connectivity index (χ4n) is 2.21. The molecular weight excluding hydrogens is 154 g/mol. The number of hydrogen-bond donors (Lipinski definition) is 1. The molecule has 2 rings (SSSR count). The number of cyclic esters (lactones) is 1. The number of rotatable bonds is 0. The van der Waals surface area contributed by atoms with Gasteiger partial charge in [0, 0.05) is 6.04 Å². The molecular formula is C9H15NO2. The molecule has 1 N–H and O–H groups in total. The lowest BCUT2D eigenvalue weighted by Crippen LogP contribution is -2.53. The molecule has 1 aliphatic heterocycles. The SMILES string of the molecule is CC1NC2CCCCC2C(=O)O1. The third kappa shape index (κ3) is 1.33. The van der Waals surface area contributed by atoms with E-state index in [1.54, 1.807) is 0 Å². The minimum Gasteiger partial charge on any atom is -0.447 e. The van der Waals surface area contributed by atoms with E-state index < -0.39 is 0 Å². The van der Waals surface area contributed by atoms with Gasteiger partial charge in [0.2, 0.25) is 0 Å². The van der Waals surface area contributed by atoms with Gasteiger partial charge in [-0.25, -0.2) is 0 Å². The summed E-state index contributed by atoms with van der Waals surface area (Å²) >= 11 is 0. The van der Waals surface area contributed by atoms with Crippen LogP contribution in [0.2, 0.25) is 0 Å². The minimum atomic E-state index is -0.0863. The molecule has 0 bridgehead atoms. The predicted molar refractivity (Wildman–Crippen MR) is 44.4 cm³/mol. The molecule has 0 amide bonds. The molecule has 3 heteroatoms. The number of esters is 1. The normalized spacial score (nSPS) is 41.8. The summed E-state index contributed by atoms with van der Waals surface area (Å²) in [5, 5.41) is 3.31. The maximum atomic E-state index is 11.4. The number of hydrogen-bond acceptors (Lipinski definition) is 3. The molecule has 68 valence electrons. The second kappa shape index (κ2) is 3.05. The molecule has 3 atom stereocenters. The summed E-state index contributed by atoms with van der Waals surface area (Å²) < 4.78 is 5.11. The van der Waals surface area contributed by atoms with E-state index in [1.807, 2.05) is 6.92 Å². The summed E-state index contributed by atoms with van der Waals surface area (Å²) in [6.45, 7) is 1.89. The Bertz CT molecular complexity index is 193. The molecule has 2 aliphatic rings. The van der Waals surface area contributed by atoms with Crippen LogP contribution in [0.4, 0.5) is 0 Å². The van der Waals surface area contributed by atoms with Gasteiger partial charge in [-0.3, -0.25) is 10.1 Å². The number of ether oxygens (including phenoxy) is 1. The van der Waals surface area contributed by atoms with Crippen molar-refractivity contribution in [3.63, 3.8) is 0 Å². The van der Waals surface area contributed by atoms with Crippen molar-refractivity contribution in [2.45, 2.75) is 44.9 Å². The van der Waals surface area contributed by atoms with Crippen molar-refractivity contribution in [3.8, 4) is 0 Å². The second-order valence-electron chi connectivity index (χ2n) is 3.74. The first-order chi connectivity index (χ1) is 5.77. The van der Waals surface area contributed by atoms with E-state index in [1.165, 1.54) is 12.8 Å². The highest BCUT2D eigenvalue weighted by Gasteiger charge is 2.37. The topological polar surface area (TPSA) is 38.3 Å². The first-order valence-electron chi connectivity index (χ1n) is 4.74. The second-order valence-corrected chi connectivity index (χ2v) is 3.74. The Morgan fingerprint density at radius 1 is 1.42 bits per heavy atom. The monoisotopic (exact) mass is 169 g/mol. The van der Waals surface area contributed by atoms with Gasteiger partial charge in [-0.15, -0.1) is 0 Å². The average molecular weight is 169 g/mol. The molecule has 2 fully saturated rings. The fourth-order valence-corrected chi connectivity index (χ4v) is 2.21. The number of carbonyl (C=O) groups excluding carboxylic acids is 1. The van der Waals surface area contributed by atoms with E-state index >= 15 is 0 Å². The largest absolute Gasteiger partial charge is 0.447 e. The van der Waals surface area contributed by atoms with Crippen LogP contribution in [0.25, 0.3) is 0 Å². The molecule has 1 aliphatic carbocycles. The van der Waals surface area contributed by atoms with Crippen molar-refractivity contribution in [2.24, 2.45) is 5.92 Å². The fraction of sp³-hybridized carbons (Fsp3) is 0.889.